The summed E-state index contributed by atoms with van der Waals surface area (Å²) >= 11 is 0. The molecule has 0 spiro atoms. The lowest BCUT2D eigenvalue weighted by atomic mass is 10.1. The third kappa shape index (κ3) is 5.87. The molecule has 0 amide bonds. The van der Waals surface area contributed by atoms with Crippen molar-refractivity contribution in [2.24, 2.45) is 5.14 Å². The van der Waals surface area contributed by atoms with Gasteiger partial charge in [-0.2, -0.15) is 0 Å². The SMILES string of the molecule is CC(C)(CNc1ccc(S(N)(=O)=O)cc1N)NS(C)(=O)=O. The van der Waals surface area contributed by atoms with Crippen molar-refractivity contribution >= 4 is 31.4 Å². The van der Waals surface area contributed by atoms with Crippen LogP contribution in [0.4, 0.5) is 11.4 Å². The summed E-state index contributed by atoms with van der Waals surface area (Å²) in [5.74, 6) is 0. The van der Waals surface area contributed by atoms with Gasteiger partial charge >= 0.3 is 0 Å². The third-order valence-electron chi connectivity index (χ3n) is 2.53. The molecule has 8 nitrogen and oxygen atoms in total. The van der Waals surface area contributed by atoms with E-state index >= 15 is 0 Å². The first kappa shape index (κ1) is 17.7. The lowest BCUT2D eigenvalue weighted by Crippen LogP contribution is -2.47. The van der Waals surface area contributed by atoms with Crippen LogP contribution in [0.1, 0.15) is 13.8 Å². The highest BCUT2D eigenvalue weighted by atomic mass is 32.2. The van der Waals surface area contributed by atoms with Gasteiger partial charge in [0, 0.05) is 12.1 Å². The minimum atomic E-state index is -3.81. The van der Waals surface area contributed by atoms with Gasteiger partial charge in [-0.3, -0.25) is 0 Å². The van der Waals surface area contributed by atoms with Crippen LogP contribution < -0.4 is 20.9 Å². The lowest BCUT2D eigenvalue weighted by molar-refractivity contribution is 0.476. The largest absolute Gasteiger partial charge is 0.397 e. The van der Waals surface area contributed by atoms with Crippen LogP contribution >= 0.6 is 0 Å². The highest BCUT2D eigenvalue weighted by Crippen LogP contribution is 2.22. The van der Waals surface area contributed by atoms with Crippen LogP contribution in [-0.4, -0.2) is 35.2 Å². The molecule has 0 radical (unpaired) electrons. The Labute approximate surface area is 125 Å². The highest BCUT2D eigenvalue weighted by Gasteiger charge is 2.22. The summed E-state index contributed by atoms with van der Waals surface area (Å²) < 4.78 is 47.3. The monoisotopic (exact) mass is 336 g/mol. The normalized spacial score (nSPS) is 13.1. The first-order valence-electron chi connectivity index (χ1n) is 5.95. The number of hydrogen-bond donors (Lipinski definition) is 4. The summed E-state index contributed by atoms with van der Waals surface area (Å²) in [5, 5.41) is 7.97. The van der Waals surface area contributed by atoms with E-state index in [2.05, 4.69) is 10.0 Å². The average Bonchev–Trinajstić information content (AvgIpc) is 2.22. The standard InChI is InChI=1S/C11H20N4O4S2/c1-11(2,15-20(3,16)17)7-14-10-5-4-8(6-9(10)12)21(13,18)19/h4-6,14-15H,7,12H2,1-3H3,(H2,13,18,19). The molecule has 0 saturated carbocycles. The zero-order valence-corrected chi connectivity index (χ0v) is 13.7. The van der Waals surface area contributed by atoms with Crippen LogP contribution in [0.15, 0.2) is 23.1 Å². The van der Waals surface area contributed by atoms with E-state index in [-0.39, 0.29) is 17.1 Å². The molecule has 1 aromatic rings. The van der Waals surface area contributed by atoms with E-state index in [1.807, 2.05) is 0 Å². The van der Waals surface area contributed by atoms with Gasteiger partial charge in [0.25, 0.3) is 0 Å². The number of benzene rings is 1. The van der Waals surface area contributed by atoms with Gasteiger partial charge in [0.1, 0.15) is 0 Å². The van der Waals surface area contributed by atoms with E-state index in [0.29, 0.717) is 5.69 Å². The van der Waals surface area contributed by atoms with Gasteiger partial charge < -0.3 is 11.1 Å². The van der Waals surface area contributed by atoms with E-state index in [1.165, 1.54) is 18.2 Å². The van der Waals surface area contributed by atoms with Crippen molar-refractivity contribution in [3.05, 3.63) is 18.2 Å². The molecule has 1 aromatic carbocycles. The molecule has 120 valence electrons. The van der Waals surface area contributed by atoms with E-state index in [9.17, 15) is 16.8 Å². The Hall–Kier alpha value is -1.36. The van der Waals surface area contributed by atoms with Crippen molar-refractivity contribution in [2.45, 2.75) is 24.3 Å². The first-order valence-corrected chi connectivity index (χ1v) is 9.39. The molecule has 0 bridgehead atoms. The van der Waals surface area contributed by atoms with Gasteiger partial charge in [-0.15, -0.1) is 0 Å². The molecule has 0 heterocycles. The molecule has 0 saturated heterocycles. The molecule has 1 rings (SSSR count). The molecule has 0 aliphatic heterocycles. The maximum Gasteiger partial charge on any atom is 0.238 e. The van der Waals surface area contributed by atoms with Crippen molar-refractivity contribution in [1.29, 1.82) is 0 Å². The Morgan fingerprint density at radius 2 is 1.76 bits per heavy atom. The second-order valence-corrected chi connectivity index (χ2v) is 8.72. The zero-order valence-electron chi connectivity index (χ0n) is 12.0. The van der Waals surface area contributed by atoms with E-state index in [1.54, 1.807) is 13.8 Å². The molecule has 10 heteroatoms. The highest BCUT2D eigenvalue weighted by molar-refractivity contribution is 7.89. The molecule has 0 unspecified atom stereocenters. The fourth-order valence-electron chi connectivity index (χ4n) is 1.73. The molecule has 6 N–H and O–H groups in total. The molecular weight excluding hydrogens is 316 g/mol. The number of anilines is 2. The smallest absolute Gasteiger partial charge is 0.238 e. The molecule has 21 heavy (non-hydrogen) atoms. The molecule has 0 fully saturated rings. The van der Waals surface area contributed by atoms with Gasteiger partial charge in [0.2, 0.25) is 20.0 Å². The summed E-state index contributed by atoms with van der Waals surface area (Å²) in [4.78, 5) is -0.0842. The second kappa shape index (κ2) is 5.79. The predicted octanol–water partition coefficient (Wildman–Crippen LogP) is -0.344. The van der Waals surface area contributed by atoms with Crippen molar-refractivity contribution in [3.8, 4) is 0 Å². The molecule has 0 aliphatic rings. The van der Waals surface area contributed by atoms with Gasteiger partial charge in [0.15, 0.2) is 0 Å². The van der Waals surface area contributed by atoms with Crippen molar-refractivity contribution in [1.82, 2.24) is 4.72 Å². The zero-order chi connectivity index (χ0) is 16.5. The Balaban J connectivity index is 2.86. The van der Waals surface area contributed by atoms with Crippen LogP contribution in [0, 0.1) is 0 Å². The Morgan fingerprint density at radius 1 is 1.19 bits per heavy atom. The Kier molecular flexibility index (Phi) is 4.88. The van der Waals surface area contributed by atoms with Gasteiger partial charge in [-0.05, 0) is 32.0 Å². The Bertz CT molecular complexity index is 727. The third-order valence-corrected chi connectivity index (χ3v) is 4.37. The topological polar surface area (TPSA) is 144 Å². The second-order valence-electron chi connectivity index (χ2n) is 5.41. The molecule has 0 atom stereocenters. The minimum absolute atomic E-state index is 0.0842. The number of rotatable bonds is 6. The van der Waals surface area contributed by atoms with Crippen molar-refractivity contribution < 1.29 is 16.8 Å². The van der Waals surface area contributed by atoms with Crippen LogP contribution in [-0.2, 0) is 20.0 Å². The van der Waals surface area contributed by atoms with E-state index < -0.39 is 25.6 Å². The quantitative estimate of drug-likeness (QED) is 0.523. The summed E-state index contributed by atoms with van der Waals surface area (Å²) in [5.41, 5.74) is 5.71. The fraction of sp³-hybridized carbons (Fsp3) is 0.455. The van der Waals surface area contributed by atoms with Gasteiger partial charge in [-0.1, -0.05) is 0 Å². The number of hydrogen-bond acceptors (Lipinski definition) is 6. The van der Waals surface area contributed by atoms with Gasteiger partial charge in [-0.25, -0.2) is 26.7 Å². The lowest BCUT2D eigenvalue weighted by Gasteiger charge is -2.26. The fourth-order valence-corrected chi connectivity index (χ4v) is 3.36. The van der Waals surface area contributed by atoms with Crippen molar-refractivity contribution in [3.63, 3.8) is 0 Å². The summed E-state index contributed by atoms with van der Waals surface area (Å²) in [6, 6.07) is 4.05. The van der Waals surface area contributed by atoms with Crippen LogP contribution in [0.2, 0.25) is 0 Å². The first-order chi connectivity index (χ1) is 9.30. The Morgan fingerprint density at radius 3 is 2.19 bits per heavy atom. The van der Waals surface area contributed by atoms with E-state index in [0.717, 1.165) is 6.26 Å². The maximum absolute atomic E-state index is 11.2. The van der Waals surface area contributed by atoms with Gasteiger partial charge in [0.05, 0.1) is 22.5 Å². The average molecular weight is 336 g/mol. The van der Waals surface area contributed by atoms with Crippen molar-refractivity contribution in [2.75, 3.05) is 23.9 Å². The number of sulfonamides is 2. The summed E-state index contributed by atoms with van der Waals surface area (Å²) in [6.07, 6.45) is 1.07. The molecular formula is C11H20N4O4S2. The maximum atomic E-state index is 11.2. The number of nitrogens with one attached hydrogen (secondary N) is 2. The summed E-state index contributed by atoms with van der Waals surface area (Å²) in [6.45, 7) is 3.67. The number of nitrogen functional groups attached to an aromatic ring is 1. The number of primary sulfonamides is 1. The minimum Gasteiger partial charge on any atom is -0.397 e. The van der Waals surface area contributed by atoms with Crippen LogP contribution in [0.5, 0.6) is 0 Å². The van der Waals surface area contributed by atoms with Crippen LogP contribution in [0.25, 0.3) is 0 Å². The van der Waals surface area contributed by atoms with Crippen LogP contribution in [0.3, 0.4) is 0 Å². The molecule has 0 aliphatic carbocycles. The summed E-state index contributed by atoms with van der Waals surface area (Å²) in [7, 11) is -7.15. The van der Waals surface area contributed by atoms with E-state index in [4.69, 9.17) is 10.9 Å². The number of nitrogens with two attached hydrogens (primary N) is 2. The molecule has 0 aromatic heterocycles. The predicted molar refractivity (Wildman–Crippen MR) is 82.8 cm³/mol.